The van der Waals surface area contributed by atoms with E-state index in [1.54, 1.807) is 24.3 Å². The van der Waals surface area contributed by atoms with Gasteiger partial charge < -0.3 is 0 Å². The van der Waals surface area contributed by atoms with Crippen molar-refractivity contribution in [1.29, 1.82) is 10.5 Å². The zero-order chi connectivity index (χ0) is 15.6. The Kier molecular flexibility index (Phi) is 7.90. The Labute approximate surface area is 147 Å². The van der Waals surface area contributed by atoms with Gasteiger partial charge in [0.1, 0.15) is 0 Å². The molecule has 3 heteroatoms. The fourth-order valence-corrected chi connectivity index (χ4v) is 1.88. The van der Waals surface area contributed by atoms with Crippen LogP contribution < -0.4 is 0 Å². The predicted octanol–water partition coefficient (Wildman–Crippen LogP) is 4.74. The molecular weight excluding hydrogens is 324 g/mol. The first-order chi connectivity index (χ1) is 10.8. The van der Waals surface area contributed by atoms with E-state index in [1.165, 1.54) is 0 Å². The van der Waals surface area contributed by atoms with Crippen LogP contribution in [0.25, 0.3) is 11.6 Å². The van der Waals surface area contributed by atoms with Crippen LogP contribution in [0.2, 0.25) is 0 Å². The minimum absolute atomic E-state index is 0. The van der Waals surface area contributed by atoms with Gasteiger partial charge >= 0.3 is 17.1 Å². The standard InChI is InChI=1S/C15H9N2.C5H5.Fe/c16-10-13-5-7-14(8-6-13)15(11-17)9-12-3-1-2-4-12;1-2-4-5-3-1;/h1-9H;1-5H;/q2*-1;+2. The first-order valence-corrected chi connectivity index (χ1v) is 6.84. The van der Waals surface area contributed by atoms with Gasteiger partial charge in [-0.2, -0.15) is 35.6 Å². The second-order valence-electron chi connectivity index (χ2n) is 4.54. The van der Waals surface area contributed by atoms with Crippen molar-refractivity contribution in [2.75, 3.05) is 0 Å². The SMILES string of the molecule is N#CC(=C[c-]1cccc1)c1ccc(C#N)cc1.[Fe+2].c1cc[cH-]c1. The van der Waals surface area contributed by atoms with Crippen molar-refractivity contribution in [2.24, 2.45) is 0 Å². The fraction of sp³-hybridized carbons (Fsp3) is 0. The molecular formula is C20H14FeN2. The van der Waals surface area contributed by atoms with Gasteiger partial charge in [0.05, 0.1) is 11.6 Å². The summed E-state index contributed by atoms with van der Waals surface area (Å²) in [5.41, 5.74) is 3.03. The van der Waals surface area contributed by atoms with Gasteiger partial charge in [-0.1, -0.05) is 12.1 Å². The Balaban J connectivity index is 0.000000377. The molecule has 0 spiro atoms. The van der Waals surface area contributed by atoms with Crippen molar-refractivity contribution in [3.05, 3.63) is 95.6 Å². The van der Waals surface area contributed by atoms with E-state index in [9.17, 15) is 0 Å². The molecule has 0 fully saturated rings. The van der Waals surface area contributed by atoms with E-state index in [1.807, 2.05) is 60.7 Å². The van der Waals surface area contributed by atoms with Crippen molar-refractivity contribution in [2.45, 2.75) is 0 Å². The zero-order valence-corrected chi connectivity index (χ0v) is 13.4. The summed E-state index contributed by atoms with van der Waals surface area (Å²) in [5, 5.41) is 17.8. The maximum absolute atomic E-state index is 9.12. The minimum atomic E-state index is 0. The summed E-state index contributed by atoms with van der Waals surface area (Å²) in [6.07, 6.45) is 1.83. The van der Waals surface area contributed by atoms with Crippen molar-refractivity contribution in [3.63, 3.8) is 0 Å². The van der Waals surface area contributed by atoms with Gasteiger partial charge in [-0.05, 0) is 23.3 Å². The van der Waals surface area contributed by atoms with E-state index in [2.05, 4.69) is 12.1 Å². The minimum Gasteiger partial charge on any atom is -0.214 e. The van der Waals surface area contributed by atoms with E-state index in [0.29, 0.717) is 11.1 Å². The number of hydrogen-bond donors (Lipinski definition) is 0. The first-order valence-electron chi connectivity index (χ1n) is 6.84. The van der Waals surface area contributed by atoms with Gasteiger partial charge in [-0.25, -0.2) is 17.4 Å². The van der Waals surface area contributed by atoms with E-state index in [4.69, 9.17) is 10.5 Å². The number of rotatable bonds is 2. The molecule has 0 aliphatic carbocycles. The topological polar surface area (TPSA) is 47.6 Å². The molecule has 2 nitrogen and oxygen atoms in total. The van der Waals surface area contributed by atoms with Crippen LogP contribution in [0.4, 0.5) is 0 Å². The summed E-state index contributed by atoms with van der Waals surface area (Å²) in [4.78, 5) is 0. The summed E-state index contributed by atoms with van der Waals surface area (Å²) < 4.78 is 0. The zero-order valence-electron chi connectivity index (χ0n) is 12.3. The average molecular weight is 338 g/mol. The van der Waals surface area contributed by atoms with Crippen LogP contribution in [0.5, 0.6) is 0 Å². The molecule has 0 atom stereocenters. The third-order valence-electron chi connectivity index (χ3n) is 3.00. The quantitative estimate of drug-likeness (QED) is 0.385. The van der Waals surface area contributed by atoms with E-state index >= 15 is 0 Å². The van der Waals surface area contributed by atoms with Gasteiger partial charge in [0, 0.05) is 6.07 Å². The fourth-order valence-electron chi connectivity index (χ4n) is 1.88. The molecule has 0 aliphatic rings. The maximum Gasteiger partial charge on any atom is 2.00 e. The summed E-state index contributed by atoms with van der Waals surface area (Å²) in [6.45, 7) is 0. The molecule has 0 radical (unpaired) electrons. The molecule has 3 aromatic carbocycles. The Bertz CT molecular complexity index is 764. The monoisotopic (exact) mass is 338 g/mol. The Morgan fingerprint density at radius 1 is 0.957 bits per heavy atom. The molecule has 3 rings (SSSR count). The predicted molar refractivity (Wildman–Crippen MR) is 88.7 cm³/mol. The second kappa shape index (κ2) is 9.98. The summed E-state index contributed by atoms with van der Waals surface area (Å²) in [6, 6.07) is 29.0. The van der Waals surface area contributed by atoms with Crippen LogP contribution in [0.1, 0.15) is 16.7 Å². The molecule has 0 unspecified atom stereocenters. The summed E-state index contributed by atoms with van der Waals surface area (Å²) >= 11 is 0. The Hall–Kier alpha value is -2.84. The number of hydrogen-bond acceptors (Lipinski definition) is 2. The number of benzene rings is 1. The first kappa shape index (κ1) is 18.2. The molecule has 3 aromatic rings. The maximum atomic E-state index is 9.12. The third-order valence-corrected chi connectivity index (χ3v) is 3.00. The van der Waals surface area contributed by atoms with Gasteiger partial charge in [-0.3, -0.25) is 0 Å². The molecule has 112 valence electrons. The van der Waals surface area contributed by atoms with Crippen LogP contribution in [0.3, 0.4) is 0 Å². The smallest absolute Gasteiger partial charge is 0.214 e. The summed E-state index contributed by atoms with van der Waals surface area (Å²) in [7, 11) is 0. The molecule has 0 amide bonds. The number of nitriles is 2. The van der Waals surface area contributed by atoms with Crippen molar-refractivity contribution >= 4 is 11.6 Å². The van der Waals surface area contributed by atoms with E-state index in [0.717, 1.165) is 11.1 Å². The molecule has 0 saturated carbocycles. The number of nitrogens with zero attached hydrogens (tertiary/aromatic N) is 2. The Morgan fingerprint density at radius 3 is 2.00 bits per heavy atom. The number of allylic oxidation sites excluding steroid dienone is 1. The molecule has 0 aromatic heterocycles. The molecule has 0 aliphatic heterocycles. The van der Waals surface area contributed by atoms with Gasteiger partial charge in [0.25, 0.3) is 0 Å². The second-order valence-corrected chi connectivity index (χ2v) is 4.54. The molecule has 23 heavy (non-hydrogen) atoms. The largest absolute Gasteiger partial charge is 2.00 e. The van der Waals surface area contributed by atoms with Crippen LogP contribution in [-0.2, 0) is 17.1 Å². The molecule has 0 saturated heterocycles. The molecule has 0 N–H and O–H groups in total. The van der Waals surface area contributed by atoms with Crippen molar-refractivity contribution < 1.29 is 17.1 Å². The van der Waals surface area contributed by atoms with Crippen LogP contribution in [-0.4, -0.2) is 0 Å². The van der Waals surface area contributed by atoms with Gasteiger partial charge in [0.2, 0.25) is 0 Å². The van der Waals surface area contributed by atoms with Crippen LogP contribution in [0, 0.1) is 22.7 Å². The normalized spacial score (nSPS) is 9.57. The van der Waals surface area contributed by atoms with Crippen molar-refractivity contribution in [3.8, 4) is 12.1 Å². The van der Waals surface area contributed by atoms with E-state index < -0.39 is 0 Å². The molecule has 0 bridgehead atoms. The van der Waals surface area contributed by atoms with E-state index in [-0.39, 0.29) is 17.1 Å². The van der Waals surface area contributed by atoms with Gasteiger partial charge in [-0.15, -0.1) is 23.8 Å². The van der Waals surface area contributed by atoms with Gasteiger partial charge in [0.15, 0.2) is 0 Å². The van der Waals surface area contributed by atoms with Crippen molar-refractivity contribution in [1.82, 2.24) is 0 Å². The average Bonchev–Trinajstić information content (AvgIpc) is 3.28. The molecule has 0 heterocycles. The van der Waals surface area contributed by atoms with Crippen LogP contribution in [0.15, 0.2) is 78.9 Å². The third kappa shape index (κ3) is 5.81. The Morgan fingerprint density at radius 2 is 1.57 bits per heavy atom. The van der Waals surface area contributed by atoms with Crippen LogP contribution >= 0.6 is 0 Å². The summed E-state index contributed by atoms with van der Waals surface area (Å²) in [5.74, 6) is 0.